The van der Waals surface area contributed by atoms with Gasteiger partial charge in [-0.1, -0.05) is 0 Å². The number of aliphatic hydroxyl groups excluding tert-OH is 1. The summed E-state index contributed by atoms with van der Waals surface area (Å²) in [6, 6.07) is 0. The highest BCUT2D eigenvalue weighted by atomic mass is 32.2. The molecule has 0 aromatic heterocycles. The summed E-state index contributed by atoms with van der Waals surface area (Å²) in [5.74, 6) is -1.99. The molecule has 124 valence electrons. The van der Waals surface area contributed by atoms with Gasteiger partial charge in [0.05, 0.1) is 17.3 Å². The molecule has 9 heteroatoms. The van der Waals surface area contributed by atoms with Gasteiger partial charge in [-0.3, -0.25) is 9.59 Å². The number of carbonyl (C=O) groups excluding carboxylic acids is 2. The summed E-state index contributed by atoms with van der Waals surface area (Å²) >= 11 is 1.00. The van der Waals surface area contributed by atoms with E-state index in [9.17, 15) is 22.8 Å². The fourth-order valence-electron chi connectivity index (χ4n) is 3.16. The van der Waals surface area contributed by atoms with Gasteiger partial charge in [0.25, 0.3) is 0 Å². The first kappa shape index (κ1) is 15.9. The maximum absolute atomic E-state index is 13.3. The van der Waals surface area contributed by atoms with E-state index in [1.54, 1.807) is 0 Å². The van der Waals surface area contributed by atoms with Gasteiger partial charge in [-0.15, -0.1) is 11.8 Å². The van der Waals surface area contributed by atoms with E-state index >= 15 is 0 Å². The lowest BCUT2D eigenvalue weighted by Crippen LogP contribution is -2.52. The molecule has 0 aromatic carbocycles. The van der Waals surface area contributed by atoms with E-state index in [-0.39, 0.29) is 0 Å². The molecule has 3 rings (SSSR count). The molecule has 5 unspecified atom stereocenters. The van der Waals surface area contributed by atoms with Gasteiger partial charge in [0, 0.05) is 5.25 Å². The molecule has 3 aliphatic heterocycles. The summed E-state index contributed by atoms with van der Waals surface area (Å²) in [5, 5.41) is 7.46. The second kappa shape index (κ2) is 4.53. The zero-order valence-electron chi connectivity index (χ0n) is 11.8. The summed E-state index contributed by atoms with van der Waals surface area (Å²) in [6.45, 7) is 2.49. The predicted octanol–water partition coefficient (Wildman–Crippen LogP) is 1.28. The van der Waals surface area contributed by atoms with Gasteiger partial charge >= 0.3 is 18.1 Å². The average molecular weight is 340 g/mol. The summed E-state index contributed by atoms with van der Waals surface area (Å²) in [7, 11) is 0. The lowest BCUT2D eigenvalue weighted by molar-refractivity contribution is -0.222. The summed E-state index contributed by atoms with van der Waals surface area (Å²) in [4.78, 5) is 23.8. The first-order chi connectivity index (χ1) is 10.0. The third kappa shape index (κ3) is 1.84. The fraction of sp³-hybridized carbons (Fsp3) is 0.846. The number of fused-ring (bicyclic) bond motifs is 1. The Morgan fingerprint density at radius 3 is 2.68 bits per heavy atom. The van der Waals surface area contributed by atoms with E-state index in [2.05, 4.69) is 0 Å². The molecule has 1 N–H and O–H groups in total. The van der Waals surface area contributed by atoms with Gasteiger partial charge in [0.2, 0.25) is 0 Å². The standard InChI is InChI=1S/C13H15F3O5S/c1-11(2,4-17)9(18)20-6-5-3-12(13(14,15)16)8(22-5)7(6)21-10(12)19/h5-8,17H,3-4H2,1-2H3. The molecular weight excluding hydrogens is 325 g/mol. The Kier molecular flexibility index (Phi) is 3.28. The van der Waals surface area contributed by atoms with Crippen molar-refractivity contribution in [1.29, 1.82) is 0 Å². The van der Waals surface area contributed by atoms with Crippen molar-refractivity contribution in [2.75, 3.05) is 6.61 Å². The molecule has 0 aromatic rings. The van der Waals surface area contributed by atoms with E-state index in [0.717, 1.165) is 11.8 Å². The molecule has 3 aliphatic rings. The molecule has 3 fully saturated rings. The Hall–Kier alpha value is -0.960. The van der Waals surface area contributed by atoms with Gasteiger partial charge < -0.3 is 14.6 Å². The third-order valence-corrected chi connectivity index (χ3v) is 6.37. The van der Waals surface area contributed by atoms with Crippen LogP contribution in [0.1, 0.15) is 20.3 Å². The molecule has 0 radical (unpaired) electrons. The molecule has 0 amide bonds. The molecule has 2 bridgehead atoms. The lowest BCUT2D eigenvalue weighted by Gasteiger charge is -2.33. The van der Waals surface area contributed by atoms with Crippen LogP contribution < -0.4 is 0 Å². The van der Waals surface area contributed by atoms with E-state index in [1.165, 1.54) is 13.8 Å². The average Bonchev–Trinajstić information content (AvgIpc) is 3.00. The number of hydrogen-bond donors (Lipinski definition) is 1. The Balaban J connectivity index is 1.83. The van der Waals surface area contributed by atoms with Crippen LogP contribution in [0.25, 0.3) is 0 Å². The van der Waals surface area contributed by atoms with E-state index < -0.39 is 64.7 Å². The summed E-state index contributed by atoms with van der Waals surface area (Å²) in [6.07, 6.45) is -7.07. The monoisotopic (exact) mass is 340 g/mol. The summed E-state index contributed by atoms with van der Waals surface area (Å²) in [5.41, 5.74) is -3.63. The van der Waals surface area contributed by atoms with Crippen molar-refractivity contribution in [2.45, 2.75) is 49.2 Å². The number of alkyl halides is 3. The van der Waals surface area contributed by atoms with Gasteiger partial charge in [-0.25, -0.2) is 0 Å². The van der Waals surface area contributed by atoms with Crippen LogP contribution in [0, 0.1) is 10.8 Å². The second-order valence-electron chi connectivity index (χ2n) is 6.55. The topological polar surface area (TPSA) is 72.8 Å². The molecule has 3 saturated heterocycles. The number of rotatable bonds is 3. The number of thioether (sulfide) groups is 1. The first-order valence-corrected chi connectivity index (χ1v) is 7.74. The second-order valence-corrected chi connectivity index (χ2v) is 7.94. The van der Waals surface area contributed by atoms with Gasteiger partial charge in [0.15, 0.2) is 17.6 Å². The first-order valence-electron chi connectivity index (χ1n) is 6.80. The Bertz CT molecular complexity index is 534. The molecule has 0 aliphatic carbocycles. The SMILES string of the molecule is CC(C)(CO)C(=O)OC1C2CC3(C(F)(F)F)C(=O)OC1C3S2. The van der Waals surface area contributed by atoms with Gasteiger partial charge in [-0.05, 0) is 20.3 Å². The van der Waals surface area contributed by atoms with Crippen molar-refractivity contribution in [3.8, 4) is 0 Å². The van der Waals surface area contributed by atoms with Crippen molar-refractivity contribution < 1.29 is 37.3 Å². The molecular formula is C13H15F3O5S. The molecule has 22 heavy (non-hydrogen) atoms. The van der Waals surface area contributed by atoms with E-state index in [4.69, 9.17) is 14.6 Å². The number of aliphatic hydroxyl groups is 1. The van der Waals surface area contributed by atoms with Crippen molar-refractivity contribution in [3.05, 3.63) is 0 Å². The van der Waals surface area contributed by atoms with Crippen molar-refractivity contribution in [2.24, 2.45) is 10.8 Å². The number of ether oxygens (including phenoxy) is 2. The van der Waals surface area contributed by atoms with Crippen LogP contribution in [0.3, 0.4) is 0 Å². The van der Waals surface area contributed by atoms with Crippen LogP contribution in [0.5, 0.6) is 0 Å². The van der Waals surface area contributed by atoms with Crippen molar-refractivity contribution >= 4 is 23.7 Å². The highest BCUT2D eigenvalue weighted by Crippen LogP contribution is 2.67. The minimum absolute atomic E-state index is 0.432. The molecule has 5 nitrogen and oxygen atoms in total. The maximum atomic E-state index is 13.3. The van der Waals surface area contributed by atoms with Crippen LogP contribution in [0.15, 0.2) is 0 Å². The fourth-order valence-corrected chi connectivity index (χ4v) is 5.19. The van der Waals surface area contributed by atoms with Crippen LogP contribution in [0.2, 0.25) is 0 Å². The van der Waals surface area contributed by atoms with Crippen LogP contribution >= 0.6 is 11.8 Å². The van der Waals surface area contributed by atoms with E-state index in [0.29, 0.717) is 0 Å². The Labute approximate surface area is 128 Å². The normalized spacial score (nSPS) is 40.0. The van der Waals surface area contributed by atoms with Crippen LogP contribution in [0.4, 0.5) is 13.2 Å². The predicted molar refractivity (Wildman–Crippen MR) is 68.9 cm³/mol. The third-order valence-electron chi connectivity index (χ3n) is 4.62. The highest BCUT2D eigenvalue weighted by molar-refractivity contribution is 8.01. The maximum Gasteiger partial charge on any atom is 0.406 e. The van der Waals surface area contributed by atoms with E-state index in [1.807, 2.05) is 0 Å². The van der Waals surface area contributed by atoms with Gasteiger partial charge in [-0.2, -0.15) is 13.2 Å². The van der Waals surface area contributed by atoms with Crippen molar-refractivity contribution in [3.63, 3.8) is 0 Å². The largest absolute Gasteiger partial charge is 0.457 e. The zero-order chi connectivity index (χ0) is 16.5. The summed E-state index contributed by atoms with van der Waals surface area (Å²) < 4.78 is 50.2. The van der Waals surface area contributed by atoms with Gasteiger partial charge in [0.1, 0.15) is 0 Å². The Morgan fingerprint density at radius 2 is 2.14 bits per heavy atom. The van der Waals surface area contributed by atoms with Crippen LogP contribution in [-0.4, -0.2) is 52.5 Å². The molecule has 0 spiro atoms. The minimum atomic E-state index is -4.68. The number of carbonyl (C=O) groups is 2. The highest BCUT2D eigenvalue weighted by Gasteiger charge is 2.81. The Morgan fingerprint density at radius 1 is 1.50 bits per heavy atom. The van der Waals surface area contributed by atoms with Crippen LogP contribution in [-0.2, 0) is 19.1 Å². The molecule has 5 atom stereocenters. The number of halogens is 3. The molecule has 0 saturated carbocycles. The lowest BCUT2D eigenvalue weighted by atomic mass is 9.73. The zero-order valence-corrected chi connectivity index (χ0v) is 12.7. The molecule has 3 heterocycles. The number of hydrogen-bond acceptors (Lipinski definition) is 6. The van der Waals surface area contributed by atoms with Crippen molar-refractivity contribution in [1.82, 2.24) is 0 Å². The quantitative estimate of drug-likeness (QED) is 0.781. The number of esters is 2. The minimum Gasteiger partial charge on any atom is -0.457 e. The smallest absolute Gasteiger partial charge is 0.406 e.